The number of amides is 1. The van der Waals surface area contributed by atoms with Gasteiger partial charge in [-0.15, -0.1) is 0 Å². The van der Waals surface area contributed by atoms with E-state index in [9.17, 15) is 9.59 Å². The fraction of sp³-hybridized carbons (Fsp3) is 0.278. The fourth-order valence-corrected chi connectivity index (χ4v) is 3.01. The van der Waals surface area contributed by atoms with Gasteiger partial charge in [0.2, 0.25) is 11.9 Å². The Bertz CT molecular complexity index is 1000. The number of anilines is 1. The highest BCUT2D eigenvalue weighted by Crippen LogP contribution is 2.27. The molecule has 1 heterocycles. The van der Waals surface area contributed by atoms with Crippen LogP contribution in [0.1, 0.15) is 26.3 Å². The van der Waals surface area contributed by atoms with Crippen molar-refractivity contribution < 1.29 is 4.79 Å². The summed E-state index contributed by atoms with van der Waals surface area (Å²) in [4.78, 5) is 31.8. The van der Waals surface area contributed by atoms with E-state index in [1.54, 1.807) is 20.8 Å². The number of H-pyrrole nitrogens is 1. The number of aromatic nitrogens is 2. The van der Waals surface area contributed by atoms with Crippen LogP contribution in [-0.4, -0.2) is 15.9 Å². The molecule has 2 aromatic carbocycles. The molecule has 24 heavy (non-hydrogen) atoms. The molecule has 0 unspecified atom stereocenters. The van der Waals surface area contributed by atoms with Crippen molar-refractivity contribution in [3.63, 3.8) is 0 Å². The third-order valence-corrected chi connectivity index (χ3v) is 4.46. The number of hydrogen-bond donors (Lipinski definition) is 2. The van der Waals surface area contributed by atoms with E-state index in [1.165, 1.54) is 0 Å². The first-order chi connectivity index (χ1) is 11.3. The average molecular weight is 388 g/mol. The van der Waals surface area contributed by atoms with E-state index in [1.807, 2.05) is 30.3 Å². The second kappa shape index (κ2) is 6.02. The van der Waals surface area contributed by atoms with Crippen molar-refractivity contribution in [2.75, 3.05) is 5.32 Å². The van der Waals surface area contributed by atoms with E-state index in [2.05, 4.69) is 31.2 Å². The van der Waals surface area contributed by atoms with Gasteiger partial charge in [0.25, 0.3) is 5.56 Å². The number of halogens is 1. The van der Waals surface area contributed by atoms with E-state index < -0.39 is 5.41 Å². The second-order valence-electron chi connectivity index (χ2n) is 6.73. The van der Waals surface area contributed by atoms with Crippen LogP contribution in [0, 0.1) is 5.41 Å². The van der Waals surface area contributed by atoms with Crippen LogP contribution >= 0.6 is 15.9 Å². The summed E-state index contributed by atoms with van der Waals surface area (Å²) in [6.45, 7) is 5.41. The summed E-state index contributed by atoms with van der Waals surface area (Å²) < 4.78 is 0. The van der Waals surface area contributed by atoms with E-state index in [0.29, 0.717) is 16.2 Å². The van der Waals surface area contributed by atoms with Crippen molar-refractivity contribution in [1.29, 1.82) is 0 Å². The Hall–Kier alpha value is -2.21. The predicted molar refractivity (Wildman–Crippen MR) is 101 cm³/mol. The molecule has 0 saturated heterocycles. The Labute approximate surface area is 147 Å². The summed E-state index contributed by atoms with van der Waals surface area (Å²) in [5.74, 6) is -0.0327. The van der Waals surface area contributed by atoms with Gasteiger partial charge in [-0.2, -0.15) is 0 Å². The lowest BCUT2D eigenvalue weighted by Gasteiger charge is -2.17. The van der Waals surface area contributed by atoms with Crippen LogP contribution in [0.25, 0.3) is 21.7 Å². The molecule has 5 nitrogen and oxygen atoms in total. The van der Waals surface area contributed by atoms with Gasteiger partial charge in [0.15, 0.2) is 0 Å². The number of carbonyl (C=O) groups excluding carboxylic acids is 1. The summed E-state index contributed by atoms with van der Waals surface area (Å²) in [5, 5.41) is 5.74. The number of alkyl halides is 1. The Morgan fingerprint density at radius 1 is 1.25 bits per heavy atom. The minimum absolute atomic E-state index is 0.170. The summed E-state index contributed by atoms with van der Waals surface area (Å²) >= 11 is 3.48. The molecule has 0 atom stereocenters. The highest BCUT2D eigenvalue weighted by atomic mass is 79.9. The van der Waals surface area contributed by atoms with Crippen LogP contribution in [0.15, 0.2) is 35.1 Å². The maximum atomic E-state index is 12.6. The molecule has 1 amide bonds. The van der Waals surface area contributed by atoms with E-state index in [4.69, 9.17) is 0 Å². The molecule has 0 saturated carbocycles. The zero-order valence-corrected chi connectivity index (χ0v) is 15.3. The van der Waals surface area contributed by atoms with Crippen LogP contribution in [0.2, 0.25) is 0 Å². The molecular weight excluding hydrogens is 370 g/mol. The van der Waals surface area contributed by atoms with Gasteiger partial charge in [-0.3, -0.25) is 19.9 Å². The third-order valence-electron chi connectivity index (χ3n) is 3.86. The van der Waals surface area contributed by atoms with Crippen LogP contribution in [0.4, 0.5) is 5.95 Å². The molecule has 3 rings (SSSR count). The van der Waals surface area contributed by atoms with Gasteiger partial charge in [0.1, 0.15) is 0 Å². The Kier molecular flexibility index (Phi) is 4.17. The summed E-state index contributed by atoms with van der Waals surface area (Å²) in [6.07, 6.45) is 0. The zero-order valence-electron chi connectivity index (χ0n) is 13.7. The lowest BCUT2D eigenvalue weighted by atomic mass is 9.96. The van der Waals surface area contributed by atoms with Crippen molar-refractivity contribution in [2.24, 2.45) is 5.41 Å². The molecule has 1 aromatic heterocycles. The van der Waals surface area contributed by atoms with Gasteiger partial charge in [-0.25, -0.2) is 4.98 Å². The zero-order chi connectivity index (χ0) is 17.5. The maximum absolute atomic E-state index is 12.6. The standard InChI is InChI=1S/C18H18BrN3O2/c1-18(2,3)16(24)22-17-20-13-8-10(9-19)11-6-4-5-7-12(11)14(13)15(23)21-17/h4-8H,9H2,1-3H3,(H2,20,21,22,23,24). The van der Waals surface area contributed by atoms with Crippen LogP contribution in [-0.2, 0) is 10.1 Å². The second-order valence-corrected chi connectivity index (χ2v) is 7.29. The third kappa shape index (κ3) is 2.94. The van der Waals surface area contributed by atoms with Crippen molar-refractivity contribution in [3.8, 4) is 0 Å². The highest BCUT2D eigenvalue weighted by Gasteiger charge is 2.22. The number of rotatable bonds is 2. The molecule has 124 valence electrons. The maximum Gasteiger partial charge on any atom is 0.260 e. The van der Waals surface area contributed by atoms with Gasteiger partial charge in [0.05, 0.1) is 10.9 Å². The summed E-state index contributed by atoms with van der Waals surface area (Å²) in [6, 6.07) is 9.62. The molecule has 0 fully saturated rings. The smallest absolute Gasteiger partial charge is 0.260 e. The van der Waals surface area contributed by atoms with Crippen molar-refractivity contribution in [1.82, 2.24) is 9.97 Å². The van der Waals surface area contributed by atoms with Gasteiger partial charge in [-0.1, -0.05) is 61.0 Å². The minimum atomic E-state index is -0.571. The molecule has 0 bridgehead atoms. The monoisotopic (exact) mass is 387 g/mol. The number of aromatic amines is 1. The van der Waals surface area contributed by atoms with Gasteiger partial charge in [-0.05, 0) is 22.4 Å². The normalized spacial score (nSPS) is 11.8. The lowest BCUT2D eigenvalue weighted by molar-refractivity contribution is -0.123. The van der Waals surface area contributed by atoms with Gasteiger partial charge >= 0.3 is 0 Å². The lowest BCUT2D eigenvalue weighted by Crippen LogP contribution is -2.29. The fourth-order valence-electron chi connectivity index (χ4n) is 2.54. The van der Waals surface area contributed by atoms with Gasteiger partial charge < -0.3 is 0 Å². The summed E-state index contributed by atoms with van der Waals surface area (Å²) in [5.41, 5.74) is 0.778. The first-order valence-corrected chi connectivity index (χ1v) is 8.75. The quantitative estimate of drug-likeness (QED) is 0.516. The molecule has 0 aliphatic carbocycles. The van der Waals surface area contributed by atoms with Crippen LogP contribution in [0.3, 0.4) is 0 Å². The number of nitrogens with zero attached hydrogens (tertiary/aromatic N) is 1. The van der Waals surface area contributed by atoms with Crippen LogP contribution < -0.4 is 10.9 Å². The molecule has 0 radical (unpaired) electrons. The number of hydrogen-bond acceptors (Lipinski definition) is 3. The SMILES string of the molecule is CC(C)(C)C(=O)Nc1nc2cc(CBr)c3ccccc3c2c(=O)[nH]1. The number of nitrogens with one attached hydrogen (secondary N) is 2. The van der Waals surface area contributed by atoms with Crippen molar-refractivity contribution in [2.45, 2.75) is 26.1 Å². The first-order valence-electron chi connectivity index (χ1n) is 7.63. The van der Waals surface area contributed by atoms with Crippen LogP contribution in [0.5, 0.6) is 0 Å². The molecule has 0 aliphatic rings. The summed E-state index contributed by atoms with van der Waals surface area (Å²) in [7, 11) is 0. The molecule has 3 aromatic rings. The van der Waals surface area contributed by atoms with E-state index >= 15 is 0 Å². The van der Waals surface area contributed by atoms with Gasteiger partial charge in [0, 0.05) is 10.7 Å². The predicted octanol–water partition coefficient (Wildman–Crippen LogP) is 3.96. The van der Waals surface area contributed by atoms with Crippen molar-refractivity contribution in [3.05, 3.63) is 46.2 Å². The average Bonchev–Trinajstić information content (AvgIpc) is 2.52. The minimum Gasteiger partial charge on any atom is -0.296 e. The molecule has 0 spiro atoms. The molecular formula is C18H18BrN3O2. The number of carbonyl (C=O) groups is 1. The number of fused-ring (bicyclic) bond motifs is 3. The highest BCUT2D eigenvalue weighted by molar-refractivity contribution is 9.08. The first kappa shape index (κ1) is 16.6. The molecule has 6 heteroatoms. The van der Waals surface area contributed by atoms with E-state index in [0.717, 1.165) is 16.3 Å². The van der Waals surface area contributed by atoms with E-state index in [-0.39, 0.29) is 17.4 Å². The largest absolute Gasteiger partial charge is 0.296 e. The Balaban J connectivity index is 2.24. The van der Waals surface area contributed by atoms with Crippen molar-refractivity contribution >= 4 is 49.5 Å². The molecule has 0 aliphatic heterocycles. The molecule has 2 N–H and O–H groups in total. The number of benzene rings is 2. The Morgan fingerprint density at radius 2 is 1.92 bits per heavy atom. The topological polar surface area (TPSA) is 74.8 Å². The Morgan fingerprint density at radius 3 is 2.54 bits per heavy atom.